The van der Waals surface area contributed by atoms with Gasteiger partial charge in [0.15, 0.2) is 0 Å². The Labute approximate surface area is 103 Å². The van der Waals surface area contributed by atoms with E-state index in [0.717, 1.165) is 25.8 Å². The number of carbonyl (C=O) groups excluding carboxylic acids is 1. The van der Waals surface area contributed by atoms with Crippen LogP contribution in [-0.2, 0) is 9.57 Å². The molecule has 0 aliphatic carbocycles. The molecule has 0 aromatic rings. The number of rotatable bonds is 3. The number of hydrogen-bond acceptors (Lipinski definition) is 4. The van der Waals surface area contributed by atoms with E-state index in [9.17, 15) is 4.79 Å². The predicted octanol–water partition coefficient (Wildman–Crippen LogP) is 1.93. The quantitative estimate of drug-likeness (QED) is 0.771. The van der Waals surface area contributed by atoms with Crippen LogP contribution in [0.25, 0.3) is 0 Å². The van der Waals surface area contributed by atoms with E-state index in [1.807, 2.05) is 20.8 Å². The van der Waals surface area contributed by atoms with Crippen LogP contribution in [0.1, 0.15) is 40.0 Å². The standard InChI is InChI=1S/C12H24N2O3/c1-12(2,3)17-11(15)14-8-6-5-7-10(14)9-16-13-4/h10,13H,5-9H2,1-4H3. The van der Waals surface area contributed by atoms with Crippen LogP contribution in [0.5, 0.6) is 0 Å². The molecule has 1 atom stereocenters. The van der Waals surface area contributed by atoms with Crippen LogP contribution >= 0.6 is 0 Å². The fourth-order valence-electron chi connectivity index (χ4n) is 1.91. The second-order valence-electron chi connectivity index (χ2n) is 5.34. The first-order chi connectivity index (χ1) is 7.94. The third-order valence-corrected chi connectivity index (χ3v) is 2.68. The summed E-state index contributed by atoms with van der Waals surface area (Å²) in [5, 5.41) is 0. The van der Waals surface area contributed by atoms with Crippen LogP contribution in [0.15, 0.2) is 0 Å². The van der Waals surface area contributed by atoms with Gasteiger partial charge < -0.3 is 9.64 Å². The van der Waals surface area contributed by atoms with Gasteiger partial charge in [0.25, 0.3) is 0 Å². The minimum Gasteiger partial charge on any atom is -0.444 e. The average Bonchev–Trinajstić information content (AvgIpc) is 2.24. The molecule has 1 aliphatic heterocycles. The maximum Gasteiger partial charge on any atom is 0.410 e. The highest BCUT2D eigenvalue weighted by Gasteiger charge is 2.30. The summed E-state index contributed by atoms with van der Waals surface area (Å²) >= 11 is 0. The lowest BCUT2D eigenvalue weighted by Crippen LogP contribution is -2.48. The van der Waals surface area contributed by atoms with Gasteiger partial charge in [-0.05, 0) is 40.0 Å². The summed E-state index contributed by atoms with van der Waals surface area (Å²) in [5.41, 5.74) is 2.20. The molecule has 1 unspecified atom stereocenters. The number of hydrogen-bond donors (Lipinski definition) is 1. The summed E-state index contributed by atoms with van der Waals surface area (Å²) in [7, 11) is 1.72. The first kappa shape index (κ1) is 14.3. The van der Waals surface area contributed by atoms with Gasteiger partial charge in [-0.2, -0.15) is 0 Å². The Kier molecular flexibility index (Phi) is 5.21. The number of piperidine rings is 1. The Morgan fingerprint density at radius 1 is 1.41 bits per heavy atom. The topological polar surface area (TPSA) is 50.8 Å². The smallest absolute Gasteiger partial charge is 0.410 e. The van der Waals surface area contributed by atoms with Gasteiger partial charge in [0, 0.05) is 13.6 Å². The maximum absolute atomic E-state index is 12.0. The number of hydroxylamine groups is 1. The molecule has 1 heterocycles. The van der Waals surface area contributed by atoms with E-state index in [-0.39, 0.29) is 12.1 Å². The lowest BCUT2D eigenvalue weighted by Gasteiger charge is -2.36. The molecule has 5 heteroatoms. The number of likely N-dealkylation sites (tertiary alicyclic amines) is 1. The van der Waals surface area contributed by atoms with Crippen LogP contribution in [0.3, 0.4) is 0 Å². The Morgan fingerprint density at radius 2 is 2.12 bits per heavy atom. The van der Waals surface area contributed by atoms with Gasteiger partial charge in [0.2, 0.25) is 0 Å². The van der Waals surface area contributed by atoms with E-state index in [1.165, 1.54) is 0 Å². The minimum atomic E-state index is -0.442. The third-order valence-electron chi connectivity index (χ3n) is 2.68. The van der Waals surface area contributed by atoms with Gasteiger partial charge in [-0.1, -0.05) is 0 Å². The normalized spacial score (nSPS) is 21.4. The molecule has 0 aromatic heterocycles. The number of nitrogens with one attached hydrogen (secondary N) is 1. The van der Waals surface area contributed by atoms with E-state index in [4.69, 9.17) is 9.57 Å². The summed E-state index contributed by atoms with van der Waals surface area (Å²) in [6, 6.07) is 0.117. The molecule has 5 nitrogen and oxygen atoms in total. The van der Waals surface area contributed by atoms with Crippen molar-refractivity contribution in [2.45, 2.75) is 51.7 Å². The third kappa shape index (κ3) is 4.91. The second kappa shape index (κ2) is 6.21. The van der Waals surface area contributed by atoms with Crippen LogP contribution in [0.4, 0.5) is 4.79 Å². The highest BCUT2D eigenvalue weighted by atomic mass is 16.6. The molecule has 1 amide bonds. The molecule has 0 radical (unpaired) electrons. The molecule has 0 aromatic carbocycles. The molecule has 1 N–H and O–H groups in total. The summed E-state index contributed by atoms with van der Waals surface area (Å²) in [6.07, 6.45) is 2.91. The molecule has 0 saturated carbocycles. The molecule has 1 aliphatic rings. The molecule has 17 heavy (non-hydrogen) atoms. The van der Waals surface area contributed by atoms with Crippen LogP contribution in [-0.4, -0.2) is 42.8 Å². The van der Waals surface area contributed by atoms with Crippen LogP contribution in [0.2, 0.25) is 0 Å². The van der Waals surface area contributed by atoms with Crippen molar-refractivity contribution in [2.75, 3.05) is 20.2 Å². The van der Waals surface area contributed by atoms with Crippen LogP contribution in [0, 0.1) is 0 Å². The van der Waals surface area contributed by atoms with Crippen molar-refractivity contribution in [2.24, 2.45) is 0 Å². The van der Waals surface area contributed by atoms with Crippen LogP contribution < -0.4 is 5.48 Å². The maximum atomic E-state index is 12.0. The summed E-state index contributed by atoms with van der Waals surface area (Å²) < 4.78 is 5.40. The highest BCUT2D eigenvalue weighted by Crippen LogP contribution is 2.20. The van der Waals surface area contributed by atoms with Gasteiger partial charge in [-0.25, -0.2) is 10.3 Å². The lowest BCUT2D eigenvalue weighted by molar-refractivity contribution is -0.0241. The van der Waals surface area contributed by atoms with Crippen molar-refractivity contribution in [3.63, 3.8) is 0 Å². The molecule has 0 spiro atoms. The summed E-state index contributed by atoms with van der Waals surface area (Å²) in [4.78, 5) is 19.0. The lowest BCUT2D eigenvalue weighted by atomic mass is 10.0. The molecule has 1 saturated heterocycles. The Morgan fingerprint density at radius 3 is 2.71 bits per heavy atom. The van der Waals surface area contributed by atoms with Gasteiger partial charge >= 0.3 is 6.09 Å². The first-order valence-electron chi connectivity index (χ1n) is 6.22. The zero-order chi connectivity index (χ0) is 12.9. The molecule has 1 rings (SSSR count). The highest BCUT2D eigenvalue weighted by molar-refractivity contribution is 5.68. The Balaban J connectivity index is 2.54. The number of amides is 1. The van der Waals surface area contributed by atoms with Gasteiger partial charge in [-0.3, -0.25) is 4.84 Å². The fourth-order valence-corrected chi connectivity index (χ4v) is 1.91. The largest absolute Gasteiger partial charge is 0.444 e. The van der Waals surface area contributed by atoms with E-state index in [2.05, 4.69) is 5.48 Å². The van der Waals surface area contributed by atoms with Gasteiger partial charge in [-0.15, -0.1) is 0 Å². The van der Waals surface area contributed by atoms with Gasteiger partial charge in [0.1, 0.15) is 5.60 Å². The molecule has 0 bridgehead atoms. The van der Waals surface area contributed by atoms with Gasteiger partial charge in [0.05, 0.1) is 12.6 Å². The van der Waals surface area contributed by atoms with Crippen molar-refractivity contribution < 1.29 is 14.4 Å². The van der Waals surface area contributed by atoms with Crippen molar-refractivity contribution in [3.05, 3.63) is 0 Å². The summed E-state index contributed by atoms with van der Waals surface area (Å²) in [6.45, 7) is 6.91. The Hall–Kier alpha value is -0.810. The SMILES string of the molecule is CNOCC1CCCCN1C(=O)OC(C)(C)C. The predicted molar refractivity (Wildman–Crippen MR) is 65.6 cm³/mol. The zero-order valence-electron chi connectivity index (χ0n) is 11.3. The van der Waals surface area contributed by atoms with E-state index < -0.39 is 5.60 Å². The second-order valence-corrected chi connectivity index (χ2v) is 5.34. The minimum absolute atomic E-state index is 0.117. The average molecular weight is 244 g/mol. The monoisotopic (exact) mass is 244 g/mol. The Bertz CT molecular complexity index is 251. The fraction of sp³-hybridized carbons (Fsp3) is 0.917. The van der Waals surface area contributed by atoms with E-state index in [1.54, 1.807) is 11.9 Å². The first-order valence-corrected chi connectivity index (χ1v) is 6.22. The van der Waals surface area contributed by atoms with E-state index in [0.29, 0.717) is 6.61 Å². The number of carbonyl (C=O) groups is 1. The zero-order valence-corrected chi connectivity index (χ0v) is 11.3. The van der Waals surface area contributed by atoms with Crippen molar-refractivity contribution in [1.82, 2.24) is 10.4 Å². The van der Waals surface area contributed by atoms with Crippen molar-refractivity contribution >= 4 is 6.09 Å². The number of ether oxygens (including phenoxy) is 1. The molecular formula is C12H24N2O3. The van der Waals surface area contributed by atoms with Crippen molar-refractivity contribution in [3.8, 4) is 0 Å². The molecular weight excluding hydrogens is 220 g/mol. The summed E-state index contributed by atoms with van der Waals surface area (Å²) in [5.74, 6) is 0. The van der Waals surface area contributed by atoms with Crippen molar-refractivity contribution in [1.29, 1.82) is 0 Å². The van der Waals surface area contributed by atoms with E-state index >= 15 is 0 Å². The molecule has 1 fully saturated rings. The number of nitrogens with zero attached hydrogens (tertiary/aromatic N) is 1. The molecule has 100 valence electrons.